The first-order valence-corrected chi connectivity index (χ1v) is 7.34. The molecule has 2 N–H and O–H groups in total. The summed E-state index contributed by atoms with van der Waals surface area (Å²) in [6.45, 7) is 0. The number of hydrogen-bond donors (Lipinski definition) is 2. The van der Waals surface area contributed by atoms with Gasteiger partial charge in [0.25, 0.3) is 0 Å². The van der Waals surface area contributed by atoms with E-state index in [1.807, 2.05) is 0 Å². The Hall–Kier alpha value is -0.290. The number of rotatable bonds is 9. The maximum atomic E-state index is 10.5. The average Bonchev–Trinajstić information content (AvgIpc) is 2.14. The van der Waals surface area contributed by atoms with E-state index in [9.17, 15) is 4.57 Å². The zero-order valence-corrected chi connectivity index (χ0v) is 10.1. The molecule has 0 atom stereocenters. The van der Waals surface area contributed by atoms with Crippen LogP contribution in [0.15, 0.2) is 0 Å². The Bertz CT molecular complexity index is 226. The molecule has 0 spiro atoms. The van der Waals surface area contributed by atoms with Crippen LogP contribution in [0.4, 0.5) is 0 Å². The standard InChI is InChI=1S/C11H21O3P/c1-2-3-4-5-6-7-8-9-10-11-15(12,13)14/h1H,3-11H2,(H2,12,13,14). The van der Waals surface area contributed by atoms with Gasteiger partial charge in [0.2, 0.25) is 0 Å². The summed E-state index contributed by atoms with van der Waals surface area (Å²) in [5, 5.41) is 0. The molecule has 0 aromatic carbocycles. The molecule has 0 unspecified atom stereocenters. The van der Waals surface area contributed by atoms with E-state index >= 15 is 0 Å². The lowest BCUT2D eigenvalue weighted by Crippen LogP contribution is -1.88. The van der Waals surface area contributed by atoms with Gasteiger partial charge < -0.3 is 9.79 Å². The molecule has 0 aromatic heterocycles. The van der Waals surface area contributed by atoms with Gasteiger partial charge in [0, 0.05) is 12.6 Å². The van der Waals surface area contributed by atoms with E-state index < -0.39 is 7.60 Å². The number of unbranched alkanes of at least 4 members (excludes halogenated alkanes) is 7. The van der Waals surface area contributed by atoms with Crippen molar-refractivity contribution < 1.29 is 14.4 Å². The lowest BCUT2D eigenvalue weighted by Gasteiger charge is -2.03. The van der Waals surface area contributed by atoms with Gasteiger partial charge in [-0.15, -0.1) is 12.3 Å². The predicted octanol–water partition coefficient (Wildman–Crippen LogP) is 2.92. The Labute approximate surface area is 92.4 Å². The SMILES string of the molecule is C#CCCCCCCCCCP(=O)(O)O. The smallest absolute Gasteiger partial charge is 0.324 e. The maximum absolute atomic E-state index is 10.5. The van der Waals surface area contributed by atoms with Gasteiger partial charge in [0.1, 0.15) is 0 Å². The molecule has 4 heteroatoms. The molecule has 0 aromatic rings. The third kappa shape index (κ3) is 13.7. The molecule has 0 heterocycles. The summed E-state index contributed by atoms with van der Waals surface area (Å²) in [5.74, 6) is 2.61. The van der Waals surface area contributed by atoms with Crippen LogP contribution >= 0.6 is 7.60 Å². The van der Waals surface area contributed by atoms with Crippen molar-refractivity contribution in [2.45, 2.75) is 51.4 Å². The fraction of sp³-hybridized carbons (Fsp3) is 0.818. The Balaban J connectivity index is 3.06. The summed E-state index contributed by atoms with van der Waals surface area (Å²) in [7, 11) is -3.76. The topological polar surface area (TPSA) is 57.5 Å². The summed E-state index contributed by atoms with van der Waals surface area (Å²) in [6, 6.07) is 0. The van der Waals surface area contributed by atoms with E-state index in [-0.39, 0.29) is 6.16 Å². The van der Waals surface area contributed by atoms with Crippen molar-refractivity contribution >= 4 is 7.60 Å². The van der Waals surface area contributed by atoms with Gasteiger partial charge in [-0.3, -0.25) is 4.57 Å². The van der Waals surface area contributed by atoms with Gasteiger partial charge in [-0.25, -0.2) is 0 Å². The Morgan fingerprint density at radius 2 is 1.40 bits per heavy atom. The number of hydrogen-bond acceptors (Lipinski definition) is 1. The van der Waals surface area contributed by atoms with Crippen LogP contribution in [-0.2, 0) is 4.57 Å². The Kier molecular flexibility index (Phi) is 8.80. The summed E-state index contributed by atoms with van der Waals surface area (Å²) in [6.07, 6.45) is 13.2. The van der Waals surface area contributed by atoms with Crippen LogP contribution in [0.1, 0.15) is 51.4 Å². The molecule has 0 aliphatic rings. The van der Waals surface area contributed by atoms with Gasteiger partial charge in [0.15, 0.2) is 0 Å². The molecule has 15 heavy (non-hydrogen) atoms. The van der Waals surface area contributed by atoms with E-state index in [1.165, 1.54) is 12.8 Å². The predicted molar refractivity (Wildman–Crippen MR) is 62.7 cm³/mol. The highest BCUT2D eigenvalue weighted by molar-refractivity contribution is 7.51. The molecular formula is C11H21O3P. The van der Waals surface area contributed by atoms with Gasteiger partial charge in [-0.05, 0) is 12.8 Å². The minimum atomic E-state index is -3.76. The zero-order chi connectivity index (χ0) is 11.6. The van der Waals surface area contributed by atoms with E-state index in [0.717, 1.165) is 32.1 Å². The third-order valence-electron chi connectivity index (χ3n) is 2.27. The highest BCUT2D eigenvalue weighted by atomic mass is 31.2. The molecule has 0 fully saturated rings. The van der Waals surface area contributed by atoms with Crippen molar-refractivity contribution in [3.63, 3.8) is 0 Å². The van der Waals surface area contributed by atoms with Gasteiger partial charge in [-0.1, -0.05) is 32.1 Å². The second-order valence-corrected chi connectivity index (χ2v) is 5.59. The maximum Gasteiger partial charge on any atom is 0.325 e. The third-order valence-corrected chi connectivity index (χ3v) is 3.17. The lowest BCUT2D eigenvalue weighted by molar-refractivity contribution is 0.370. The quantitative estimate of drug-likeness (QED) is 0.365. The van der Waals surface area contributed by atoms with E-state index in [2.05, 4.69) is 5.92 Å². The average molecular weight is 232 g/mol. The molecule has 0 bridgehead atoms. The van der Waals surface area contributed by atoms with E-state index in [0.29, 0.717) is 6.42 Å². The molecule has 0 amide bonds. The minimum absolute atomic E-state index is 0.0318. The molecule has 0 saturated heterocycles. The molecular weight excluding hydrogens is 211 g/mol. The monoisotopic (exact) mass is 232 g/mol. The molecule has 88 valence electrons. The van der Waals surface area contributed by atoms with Crippen LogP contribution in [0, 0.1) is 12.3 Å². The first kappa shape index (κ1) is 14.7. The molecule has 0 rings (SSSR count). The van der Waals surface area contributed by atoms with Crippen molar-refractivity contribution in [2.75, 3.05) is 6.16 Å². The van der Waals surface area contributed by atoms with Crippen molar-refractivity contribution in [1.82, 2.24) is 0 Å². The van der Waals surface area contributed by atoms with Crippen molar-refractivity contribution in [2.24, 2.45) is 0 Å². The van der Waals surface area contributed by atoms with Gasteiger partial charge in [0.05, 0.1) is 0 Å². The molecule has 3 nitrogen and oxygen atoms in total. The Morgan fingerprint density at radius 1 is 0.933 bits per heavy atom. The molecule has 0 aliphatic carbocycles. The van der Waals surface area contributed by atoms with Crippen molar-refractivity contribution in [3.8, 4) is 12.3 Å². The van der Waals surface area contributed by atoms with E-state index in [4.69, 9.17) is 16.2 Å². The molecule has 0 saturated carbocycles. The summed E-state index contributed by atoms with van der Waals surface area (Å²) < 4.78 is 10.5. The van der Waals surface area contributed by atoms with Gasteiger partial charge >= 0.3 is 7.60 Å². The number of terminal acetylenes is 1. The Morgan fingerprint density at radius 3 is 1.87 bits per heavy atom. The van der Waals surface area contributed by atoms with E-state index in [1.54, 1.807) is 0 Å². The highest BCUT2D eigenvalue weighted by Gasteiger charge is 2.10. The fourth-order valence-electron chi connectivity index (χ4n) is 1.43. The van der Waals surface area contributed by atoms with Crippen LogP contribution < -0.4 is 0 Å². The highest BCUT2D eigenvalue weighted by Crippen LogP contribution is 2.35. The summed E-state index contributed by atoms with van der Waals surface area (Å²) >= 11 is 0. The van der Waals surface area contributed by atoms with Gasteiger partial charge in [-0.2, -0.15) is 0 Å². The van der Waals surface area contributed by atoms with Crippen LogP contribution in [0.5, 0.6) is 0 Å². The first-order chi connectivity index (χ1) is 7.06. The van der Waals surface area contributed by atoms with Crippen LogP contribution in [0.3, 0.4) is 0 Å². The second-order valence-electron chi connectivity index (χ2n) is 3.82. The second kappa shape index (κ2) is 8.97. The fourth-order valence-corrected chi connectivity index (χ4v) is 2.06. The summed E-state index contributed by atoms with van der Waals surface area (Å²) in [4.78, 5) is 17.2. The van der Waals surface area contributed by atoms with Crippen LogP contribution in [-0.4, -0.2) is 15.9 Å². The zero-order valence-electron chi connectivity index (χ0n) is 9.19. The van der Waals surface area contributed by atoms with Crippen LogP contribution in [0.25, 0.3) is 0 Å². The molecule has 0 aliphatic heterocycles. The van der Waals surface area contributed by atoms with Crippen molar-refractivity contribution in [3.05, 3.63) is 0 Å². The normalized spacial score (nSPS) is 11.3. The molecule has 0 radical (unpaired) electrons. The van der Waals surface area contributed by atoms with Crippen LogP contribution in [0.2, 0.25) is 0 Å². The first-order valence-electron chi connectivity index (χ1n) is 5.54. The van der Waals surface area contributed by atoms with Crippen molar-refractivity contribution in [1.29, 1.82) is 0 Å². The largest absolute Gasteiger partial charge is 0.325 e. The lowest BCUT2D eigenvalue weighted by atomic mass is 10.1. The summed E-state index contributed by atoms with van der Waals surface area (Å²) in [5.41, 5.74) is 0. The minimum Gasteiger partial charge on any atom is -0.324 e.